The molecule has 0 amide bonds. The van der Waals surface area contributed by atoms with E-state index >= 15 is 0 Å². The van der Waals surface area contributed by atoms with E-state index in [1.54, 1.807) is 13.2 Å². The fourth-order valence-corrected chi connectivity index (χ4v) is 4.62. The van der Waals surface area contributed by atoms with Crippen molar-refractivity contribution in [2.45, 2.75) is 31.0 Å². The van der Waals surface area contributed by atoms with E-state index in [0.717, 1.165) is 0 Å². The molecule has 3 aromatic rings. The van der Waals surface area contributed by atoms with Crippen LogP contribution in [0.4, 0.5) is 11.6 Å². The Morgan fingerprint density at radius 2 is 2.05 bits per heavy atom. The van der Waals surface area contributed by atoms with Crippen LogP contribution < -0.4 is 15.7 Å². The normalized spacial score (nSPS) is 26.3. The van der Waals surface area contributed by atoms with Gasteiger partial charge < -0.3 is 30.1 Å². The summed E-state index contributed by atoms with van der Waals surface area (Å²) in [7, 11) is 1.60. The van der Waals surface area contributed by atoms with E-state index in [1.165, 1.54) is 21.8 Å². The predicted octanol–water partition coefficient (Wildman–Crippen LogP) is -0.432. The molecule has 1 aliphatic carbocycles. The van der Waals surface area contributed by atoms with Gasteiger partial charge in [0, 0.05) is 19.5 Å². The van der Waals surface area contributed by atoms with Gasteiger partial charge in [-0.05, 0) is 12.5 Å². The second-order valence-corrected chi connectivity index (χ2v) is 8.93. The largest absolute Gasteiger partial charge is 0.450 e. The van der Waals surface area contributed by atoms with Gasteiger partial charge in [-0.15, -0.1) is 0 Å². The van der Waals surface area contributed by atoms with Crippen LogP contribution in [0.2, 0.25) is 0 Å². The second kappa shape index (κ2) is 9.15. The summed E-state index contributed by atoms with van der Waals surface area (Å²) in [6, 6.07) is 0. The molecule has 5 atom stereocenters. The number of ether oxygens (including phenoxy) is 2. The monoisotopic (exact) mass is 508 g/mol. The van der Waals surface area contributed by atoms with Gasteiger partial charge in [-0.25, -0.2) is 24.7 Å². The van der Waals surface area contributed by atoms with Gasteiger partial charge in [0.1, 0.15) is 30.4 Å². The Bertz CT molecular complexity index is 1510. The highest BCUT2D eigenvalue weighted by Crippen LogP contribution is 2.35. The van der Waals surface area contributed by atoms with Gasteiger partial charge in [0.05, 0.1) is 24.8 Å². The van der Waals surface area contributed by atoms with E-state index in [9.17, 15) is 20.1 Å². The van der Waals surface area contributed by atoms with Crippen LogP contribution in [0.1, 0.15) is 12.6 Å². The highest BCUT2D eigenvalue weighted by atomic mass is 16.6. The number of hydrogen-bond acceptors (Lipinski definition) is 12. The molecule has 192 valence electrons. The maximum Gasteiger partial charge on any atom is 0.349 e. The van der Waals surface area contributed by atoms with Crippen molar-refractivity contribution < 1.29 is 24.8 Å². The summed E-state index contributed by atoms with van der Waals surface area (Å²) < 4.78 is 14.4. The van der Waals surface area contributed by atoms with Gasteiger partial charge in [-0.1, -0.05) is 12.2 Å². The lowest BCUT2D eigenvalue weighted by Crippen LogP contribution is -2.33. The maximum atomic E-state index is 11.9. The molecule has 0 spiro atoms. The van der Waals surface area contributed by atoms with Gasteiger partial charge in [-0.2, -0.15) is 4.98 Å². The molecule has 1 unspecified atom stereocenters. The van der Waals surface area contributed by atoms with Crippen molar-refractivity contribution in [3.05, 3.63) is 53.3 Å². The molecular formula is C23H24N8O6. The number of aliphatic hydroxyl groups is 3. The zero-order valence-electron chi connectivity index (χ0n) is 19.7. The highest BCUT2D eigenvalue weighted by molar-refractivity contribution is 6.05. The number of nitrogens with zero attached hydrogens (tertiary/aromatic N) is 7. The third-order valence-electron chi connectivity index (χ3n) is 6.57. The number of nitrogens with one attached hydrogen (secondary N) is 1. The van der Waals surface area contributed by atoms with E-state index in [-0.39, 0.29) is 11.7 Å². The van der Waals surface area contributed by atoms with Gasteiger partial charge >= 0.3 is 5.69 Å². The van der Waals surface area contributed by atoms with Crippen LogP contribution in [-0.4, -0.2) is 81.6 Å². The number of anilines is 1. The van der Waals surface area contributed by atoms with E-state index in [1.807, 2.05) is 18.2 Å². The topological polar surface area (TPSA) is 182 Å². The fraction of sp³-hybridized carbons (Fsp3) is 0.391. The SMILES string of the molecule is Cn1cc2c(nc1=O)N=C1C(=CC=CC1CCNc1ncnc3c1ncn3[C@@H]1O[C@H](CO)[C@@H](O)[C@H]1O)O2. The van der Waals surface area contributed by atoms with Gasteiger partial charge in [0.25, 0.3) is 0 Å². The van der Waals surface area contributed by atoms with Crippen molar-refractivity contribution in [1.82, 2.24) is 29.1 Å². The highest BCUT2D eigenvalue weighted by Gasteiger charge is 2.44. The molecule has 0 bridgehead atoms. The predicted molar refractivity (Wildman–Crippen MR) is 129 cm³/mol. The molecule has 0 saturated carbocycles. The third-order valence-corrected chi connectivity index (χ3v) is 6.57. The standard InChI is InChI=1S/C23H24N8O6/c1-30-7-13-19(29-23(30)35)28-15-11(3-2-4-12(15)36-13)5-6-24-20-16-21(26-9-25-20)31(10-27-16)22-18(34)17(33)14(8-32)37-22/h2-4,7,9-11,14,17-18,22,32-34H,5-6,8H2,1H3,(H,24,25,26)/t11?,14-,17-,18-,22-/m1/s1. The molecule has 6 rings (SSSR count). The van der Waals surface area contributed by atoms with E-state index in [4.69, 9.17) is 9.47 Å². The number of aliphatic imine (C=N–C) groups is 1. The van der Waals surface area contributed by atoms with Crippen molar-refractivity contribution in [3.8, 4) is 5.75 Å². The van der Waals surface area contributed by atoms with Crippen LogP contribution in [0.15, 0.2) is 52.6 Å². The van der Waals surface area contributed by atoms with Crippen molar-refractivity contribution in [2.75, 3.05) is 18.5 Å². The van der Waals surface area contributed by atoms with Crippen LogP contribution in [0.3, 0.4) is 0 Å². The van der Waals surface area contributed by atoms with Crippen molar-refractivity contribution in [2.24, 2.45) is 18.0 Å². The summed E-state index contributed by atoms with van der Waals surface area (Å²) >= 11 is 0. The van der Waals surface area contributed by atoms with Gasteiger partial charge in [0.2, 0.25) is 5.82 Å². The smallest absolute Gasteiger partial charge is 0.349 e. The quantitative estimate of drug-likeness (QED) is 0.339. The molecule has 14 heteroatoms. The summed E-state index contributed by atoms with van der Waals surface area (Å²) in [5.41, 5.74) is 1.16. The van der Waals surface area contributed by atoms with Crippen LogP contribution in [0.5, 0.6) is 5.75 Å². The third kappa shape index (κ3) is 3.99. The lowest BCUT2D eigenvalue weighted by molar-refractivity contribution is -0.0511. The summed E-state index contributed by atoms with van der Waals surface area (Å²) in [6.45, 7) is 0.0786. The molecule has 4 N–H and O–H groups in total. The Labute approximate surface area is 209 Å². The zero-order valence-corrected chi connectivity index (χ0v) is 19.7. The maximum absolute atomic E-state index is 11.9. The molecular weight excluding hydrogens is 484 g/mol. The Morgan fingerprint density at radius 3 is 2.86 bits per heavy atom. The minimum atomic E-state index is -1.25. The first-order valence-electron chi connectivity index (χ1n) is 11.7. The van der Waals surface area contributed by atoms with Crippen LogP contribution >= 0.6 is 0 Å². The molecule has 3 aliphatic rings. The first kappa shape index (κ1) is 23.4. The second-order valence-electron chi connectivity index (χ2n) is 8.93. The average molecular weight is 508 g/mol. The molecule has 2 aliphatic heterocycles. The summed E-state index contributed by atoms with van der Waals surface area (Å²) in [5.74, 6) is 1.71. The minimum Gasteiger partial charge on any atom is -0.450 e. The number of aliphatic hydroxyl groups excluding tert-OH is 3. The van der Waals surface area contributed by atoms with Crippen molar-refractivity contribution in [1.29, 1.82) is 0 Å². The lowest BCUT2D eigenvalue weighted by atomic mass is 9.93. The Hall–Kier alpha value is -3.98. The number of hydrogen-bond donors (Lipinski definition) is 4. The Kier molecular flexibility index (Phi) is 5.79. The first-order chi connectivity index (χ1) is 17.9. The zero-order chi connectivity index (χ0) is 25.7. The van der Waals surface area contributed by atoms with Gasteiger partial charge in [-0.3, -0.25) is 9.13 Å². The van der Waals surface area contributed by atoms with Crippen LogP contribution in [0.25, 0.3) is 11.2 Å². The molecule has 5 heterocycles. The van der Waals surface area contributed by atoms with Gasteiger partial charge in [0.15, 0.2) is 29.0 Å². The molecule has 1 fully saturated rings. The molecule has 1 saturated heterocycles. The summed E-state index contributed by atoms with van der Waals surface area (Å²) in [4.78, 5) is 33.5. The van der Waals surface area contributed by atoms with E-state index in [2.05, 4.69) is 30.2 Å². The molecule has 14 nitrogen and oxygen atoms in total. The molecule has 3 aromatic heterocycles. The first-order valence-corrected chi connectivity index (χ1v) is 11.7. The number of allylic oxidation sites excluding steroid dienone is 4. The average Bonchev–Trinajstić information content (AvgIpc) is 3.45. The number of rotatable bonds is 6. The number of fused-ring (bicyclic) bond motifs is 3. The number of aryl methyl sites for hydroxylation is 1. The minimum absolute atomic E-state index is 0.0830. The summed E-state index contributed by atoms with van der Waals surface area (Å²) in [6.07, 6.45) is 6.43. The summed E-state index contributed by atoms with van der Waals surface area (Å²) in [5, 5.41) is 33.1. The Balaban J connectivity index is 1.19. The molecule has 0 radical (unpaired) electrons. The Morgan fingerprint density at radius 1 is 1.19 bits per heavy atom. The fourth-order valence-electron chi connectivity index (χ4n) is 4.62. The van der Waals surface area contributed by atoms with E-state index in [0.29, 0.717) is 47.2 Å². The lowest BCUT2D eigenvalue weighted by Gasteiger charge is -2.25. The number of imidazole rings is 1. The van der Waals surface area contributed by atoms with Crippen molar-refractivity contribution in [3.63, 3.8) is 0 Å². The van der Waals surface area contributed by atoms with Crippen LogP contribution in [0, 0.1) is 5.92 Å². The molecule has 37 heavy (non-hydrogen) atoms. The molecule has 0 aromatic carbocycles. The number of aromatic nitrogens is 6. The van der Waals surface area contributed by atoms with Crippen molar-refractivity contribution >= 4 is 28.5 Å². The van der Waals surface area contributed by atoms with E-state index < -0.39 is 36.8 Å². The van der Waals surface area contributed by atoms with Crippen LogP contribution in [-0.2, 0) is 11.8 Å².